The minimum Gasteiger partial charge on any atom is -0.288 e. The second-order valence-electron chi connectivity index (χ2n) is 3.64. The van der Waals surface area contributed by atoms with Crippen LogP contribution in [-0.4, -0.2) is 15.8 Å². The maximum Gasteiger partial charge on any atom is 0.204 e. The SMILES string of the molecule is Cc1cc(C=CC(=O)c2ccccn2)ccn1. The second-order valence-corrected chi connectivity index (χ2v) is 3.64. The lowest BCUT2D eigenvalue weighted by Crippen LogP contribution is -1.96. The summed E-state index contributed by atoms with van der Waals surface area (Å²) in [5.74, 6) is -0.0972. The molecule has 84 valence electrons. The molecule has 0 atom stereocenters. The molecule has 0 saturated heterocycles. The van der Waals surface area contributed by atoms with Gasteiger partial charge in [0.05, 0.1) is 0 Å². The average molecular weight is 224 g/mol. The van der Waals surface area contributed by atoms with Crippen molar-refractivity contribution in [1.29, 1.82) is 0 Å². The minimum absolute atomic E-state index is 0.0972. The van der Waals surface area contributed by atoms with Crippen LogP contribution in [0.1, 0.15) is 21.7 Å². The molecule has 3 nitrogen and oxygen atoms in total. The molecule has 0 aliphatic carbocycles. The number of hydrogen-bond donors (Lipinski definition) is 0. The largest absolute Gasteiger partial charge is 0.288 e. The van der Waals surface area contributed by atoms with E-state index in [1.165, 1.54) is 6.08 Å². The van der Waals surface area contributed by atoms with Crippen LogP contribution in [0.3, 0.4) is 0 Å². The van der Waals surface area contributed by atoms with Gasteiger partial charge < -0.3 is 0 Å². The Balaban J connectivity index is 2.14. The van der Waals surface area contributed by atoms with E-state index < -0.39 is 0 Å². The van der Waals surface area contributed by atoms with E-state index in [-0.39, 0.29) is 5.78 Å². The number of rotatable bonds is 3. The number of carbonyl (C=O) groups excluding carboxylic acids is 1. The molecular weight excluding hydrogens is 212 g/mol. The van der Waals surface area contributed by atoms with Crippen LogP contribution in [0.4, 0.5) is 0 Å². The average Bonchev–Trinajstić information content (AvgIpc) is 2.37. The Morgan fingerprint density at radius 1 is 1.18 bits per heavy atom. The lowest BCUT2D eigenvalue weighted by molar-refractivity contribution is 0.104. The molecule has 17 heavy (non-hydrogen) atoms. The van der Waals surface area contributed by atoms with E-state index in [1.807, 2.05) is 19.1 Å². The molecule has 2 rings (SSSR count). The summed E-state index contributed by atoms with van der Waals surface area (Å²) < 4.78 is 0. The van der Waals surface area contributed by atoms with Gasteiger partial charge in [0.15, 0.2) is 0 Å². The monoisotopic (exact) mass is 224 g/mol. The van der Waals surface area contributed by atoms with Crippen molar-refractivity contribution in [3.63, 3.8) is 0 Å². The molecule has 0 radical (unpaired) electrons. The number of allylic oxidation sites excluding steroid dienone is 1. The number of nitrogens with zero attached hydrogens (tertiary/aromatic N) is 2. The van der Waals surface area contributed by atoms with E-state index in [4.69, 9.17) is 0 Å². The van der Waals surface area contributed by atoms with Gasteiger partial charge in [0.25, 0.3) is 0 Å². The molecule has 3 heteroatoms. The maximum atomic E-state index is 11.7. The minimum atomic E-state index is -0.0972. The third kappa shape index (κ3) is 3.08. The fourth-order valence-electron chi connectivity index (χ4n) is 1.44. The molecule has 2 aromatic rings. The molecule has 0 aliphatic heterocycles. The van der Waals surface area contributed by atoms with Crippen molar-refractivity contribution in [2.24, 2.45) is 0 Å². The molecular formula is C14H12N2O. The summed E-state index contributed by atoms with van der Waals surface area (Å²) in [6.45, 7) is 1.91. The van der Waals surface area contributed by atoms with E-state index in [1.54, 1.807) is 36.7 Å². The Morgan fingerprint density at radius 2 is 2.06 bits per heavy atom. The van der Waals surface area contributed by atoms with Crippen molar-refractivity contribution in [3.8, 4) is 0 Å². The Hall–Kier alpha value is -2.29. The molecule has 0 spiro atoms. The van der Waals surface area contributed by atoms with Gasteiger partial charge in [-0.25, -0.2) is 0 Å². The third-order valence-electron chi connectivity index (χ3n) is 2.27. The zero-order valence-electron chi connectivity index (χ0n) is 9.50. The highest BCUT2D eigenvalue weighted by Crippen LogP contribution is 2.04. The zero-order chi connectivity index (χ0) is 12.1. The number of aromatic nitrogens is 2. The van der Waals surface area contributed by atoms with Gasteiger partial charge in [0.1, 0.15) is 5.69 Å². The Bertz CT molecular complexity index is 547. The van der Waals surface area contributed by atoms with Crippen molar-refractivity contribution in [3.05, 3.63) is 65.8 Å². The molecule has 0 N–H and O–H groups in total. The smallest absolute Gasteiger partial charge is 0.204 e. The topological polar surface area (TPSA) is 42.9 Å². The summed E-state index contributed by atoms with van der Waals surface area (Å²) in [5.41, 5.74) is 2.34. The summed E-state index contributed by atoms with van der Waals surface area (Å²) in [5, 5.41) is 0. The molecule has 0 aliphatic rings. The predicted molar refractivity (Wildman–Crippen MR) is 66.6 cm³/mol. The Kier molecular flexibility index (Phi) is 3.40. The van der Waals surface area contributed by atoms with Crippen LogP contribution in [0.2, 0.25) is 0 Å². The molecule has 0 aromatic carbocycles. The highest BCUT2D eigenvalue weighted by atomic mass is 16.1. The van der Waals surface area contributed by atoms with Gasteiger partial charge in [-0.2, -0.15) is 0 Å². The molecule has 2 heterocycles. The Labute approximate surface area is 99.9 Å². The van der Waals surface area contributed by atoms with Gasteiger partial charge >= 0.3 is 0 Å². The van der Waals surface area contributed by atoms with Crippen molar-refractivity contribution >= 4 is 11.9 Å². The van der Waals surface area contributed by atoms with Gasteiger partial charge in [0, 0.05) is 18.1 Å². The third-order valence-corrected chi connectivity index (χ3v) is 2.27. The van der Waals surface area contributed by atoms with Gasteiger partial charge in [-0.05, 0) is 42.8 Å². The first kappa shape index (κ1) is 11.2. The van der Waals surface area contributed by atoms with Crippen LogP contribution in [0.25, 0.3) is 6.08 Å². The van der Waals surface area contributed by atoms with Crippen LogP contribution < -0.4 is 0 Å². The summed E-state index contributed by atoms with van der Waals surface area (Å²) in [4.78, 5) is 19.8. The summed E-state index contributed by atoms with van der Waals surface area (Å²) >= 11 is 0. The standard InChI is InChI=1S/C14H12N2O/c1-11-10-12(7-9-15-11)5-6-14(17)13-4-2-3-8-16-13/h2-10H,1H3. The highest BCUT2D eigenvalue weighted by Gasteiger charge is 2.00. The molecule has 2 aromatic heterocycles. The fourth-order valence-corrected chi connectivity index (χ4v) is 1.44. The molecule has 0 saturated carbocycles. The van der Waals surface area contributed by atoms with Crippen LogP contribution in [-0.2, 0) is 0 Å². The predicted octanol–water partition coefficient (Wildman–Crippen LogP) is 2.68. The summed E-state index contributed by atoms with van der Waals surface area (Å²) in [6, 6.07) is 9.05. The van der Waals surface area contributed by atoms with Gasteiger partial charge in [-0.3, -0.25) is 14.8 Å². The molecule has 0 bridgehead atoms. The second kappa shape index (κ2) is 5.16. The summed E-state index contributed by atoms with van der Waals surface area (Å²) in [7, 11) is 0. The van der Waals surface area contributed by atoms with E-state index in [0.717, 1.165) is 11.3 Å². The Morgan fingerprint density at radius 3 is 2.76 bits per heavy atom. The van der Waals surface area contributed by atoms with E-state index >= 15 is 0 Å². The number of ketones is 1. The van der Waals surface area contributed by atoms with Gasteiger partial charge in [0.2, 0.25) is 5.78 Å². The van der Waals surface area contributed by atoms with Crippen LogP contribution in [0.5, 0.6) is 0 Å². The lowest BCUT2D eigenvalue weighted by Gasteiger charge is -1.95. The summed E-state index contributed by atoms with van der Waals surface area (Å²) in [6.07, 6.45) is 6.63. The molecule has 0 unspecified atom stereocenters. The van der Waals surface area contributed by atoms with Crippen LogP contribution in [0, 0.1) is 6.92 Å². The van der Waals surface area contributed by atoms with Crippen molar-refractivity contribution in [2.45, 2.75) is 6.92 Å². The van der Waals surface area contributed by atoms with Gasteiger partial charge in [-0.15, -0.1) is 0 Å². The number of carbonyl (C=O) groups is 1. The number of pyridine rings is 2. The first-order chi connectivity index (χ1) is 8.25. The first-order valence-electron chi connectivity index (χ1n) is 5.32. The van der Waals surface area contributed by atoms with E-state index in [2.05, 4.69) is 9.97 Å². The van der Waals surface area contributed by atoms with Crippen molar-refractivity contribution < 1.29 is 4.79 Å². The van der Waals surface area contributed by atoms with Crippen molar-refractivity contribution in [1.82, 2.24) is 9.97 Å². The van der Waals surface area contributed by atoms with Crippen LogP contribution >= 0.6 is 0 Å². The molecule has 0 fully saturated rings. The van der Waals surface area contributed by atoms with E-state index in [0.29, 0.717) is 5.69 Å². The molecule has 0 amide bonds. The first-order valence-corrected chi connectivity index (χ1v) is 5.32. The lowest BCUT2D eigenvalue weighted by atomic mass is 10.2. The quantitative estimate of drug-likeness (QED) is 0.594. The number of aryl methyl sites for hydroxylation is 1. The zero-order valence-corrected chi connectivity index (χ0v) is 9.50. The van der Waals surface area contributed by atoms with Crippen molar-refractivity contribution in [2.75, 3.05) is 0 Å². The number of hydrogen-bond acceptors (Lipinski definition) is 3. The van der Waals surface area contributed by atoms with Crippen LogP contribution in [0.15, 0.2) is 48.8 Å². The van der Waals surface area contributed by atoms with E-state index in [9.17, 15) is 4.79 Å². The highest BCUT2D eigenvalue weighted by molar-refractivity contribution is 6.05. The van der Waals surface area contributed by atoms with Gasteiger partial charge in [-0.1, -0.05) is 12.1 Å². The normalized spacial score (nSPS) is 10.6. The maximum absolute atomic E-state index is 11.7. The fraction of sp³-hybridized carbons (Fsp3) is 0.0714.